The lowest BCUT2D eigenvalue weighted by Crippen LogP contribution is -2.36. The summed E-state index contributed by atoms with van der Waals surface area (Å²) in [6.45, 7) is 7.26. The van der Waals surface area contributed by atoms with Crippen molar-refractivity contribution in [3.63, 3.8) is 0 Å². The van der Waals surface area contributed by atoms with Gasteiger partial charge in [-0.1, -0.05) is 26.8 Å². The van der Waals surface area contributed by atoms with Gasteiger partial charge in [0, 0.05) is 24.8 Å². The molecule has 1 aromatic heterocycles. The molecule has 0 fully saturated rings. The van der Waals surface area contributed by atoms with Crippen LogP contribution in [0.5, 0.6) is 0 Å². The third-order valence-electron chi connectivity index (χ3n) is 3.84. The highest BCUT2D eigenvalue weighted by atomic mass is 32.2. The lowest BCUT2D eigenvalue weighted by Gasteiger charge is -2.14. The van der Waals surface area contributed by atoms with E-state index in [9.17, 15) is 4.39 Å². The summed E-state index contributed by atoms with van der Waals surface area (Å²) in [6.07, 6.45) is 3.77. The van der Waals surface area contributed by atoms with Crippen molar-refractivity contribution >= 4 is 17.7 Å². The Bertz CT molecular complexity index is 752. The molecule has 1 heterocycles. The van der Waals surface area contributed by atoms with Crippen molar-refractivity contribution in [2.24, 2.45) is 4.99 Å². The van der Waals surface area contributed by atoms with Gasteiger partial charge >= 0.3 is 0 Å². The first-order valence-corrected chi connectivity index (χ1v) is 9.89. The first-order chi connectivity index (χ1) is 12.3. The maximum Gasteiger partial charge on any atom is 0.213 e. The number of hydrogen-bond donors (Lipinski definition) is 2. The summed E-state index contributed by atoms with van der Waals surface area (Å²) in [5, 5.41) is 6.44. The fraction of sp³-hybridized carbons (Fsp3) is 0.474. The molecule has 0 aliphatic carbocycles. The summed E-state index contributed by atoms with van der Waals surface area (Å²) in [7, 11) is 1.71. The number of aliphatic imine (C=N–C) groups is 1. The average molecular weight is 379 g/mol. The molecular weight excluding hydrogens is 351 g/mol. The highest BCUT2D eigenvalue weighted by molar-refractivity contribution is 7.97. The van der Waals surface area contributed by atoms with Gasteiger partial charge in [-0.3, -0.25) is 4.99 Å². The van der Waals surface area contributed by atoms with Gasteiger partial charge in [0.15, 0.2) is 5.96 Å². The van der Waals surface area contributed by atoms with Crippen LogP contribution in [0.15, 0.2) is 33.8 Å². The number of nitrogens with zero attached hydrogens (tertiary/aromatic N) is 2. The fourth-order valence-electron chi connectivity index (χ4n) is 2.35. The number of guanidine groups is 1. The van der Waals surface area contributed by atoms with Crippen molar-refractivity contribution in [2.45, 2.75) is 45.0 Å². The zero-order valence-electron chi connectivity index (χ0n) is 16.0. The number of aromatic nitrogens is 1. The van der Waals surface area contributed by atoms with Gasteiger partial charge in [0.25, 0.3) is 0 Å². The third kappa shape index (κ3) is 5.76. The molecule has 5 nitrogen and oxygen atoms in total. The number of hydrogen-bond acceptors (Lipinski definition) is 4. The van der Waals surface area contributed by atoms with Crippen molar-refractivity contribution in [2.75, 3.05) is 13.3 Å². The Hall–Kier alpha value is -2.02. The van der Waals surface area contributed by atoms with Gasteiger partial charge in [0.05, 0.1) is 12.7 Å². The molecule has 2 N–H and O–H groups in total. The SMILES string of the molecule is CN=C(NCc1ncc(C(C)(C)C)o1)NCc1ccc(F)cc1CSC. The predicted octanol–water partition coefficient (Wildman–Crippen LogP) is 3.84. The van der Waals surface area contributed by atoms with Crippen molar-refractivity contribution in [3.8, 4) is 0 Å². The number of benzene rings is 1. The summed E-state index contributed by atoms with van der Waals surface area (Å²) in [4.78, 5) is 8.51. The van der Waals surface area contributed by atoms with E-state index in [4.69, 9.17) is 4.42 Å². The van der Waals surface area contributed by atoms with E-state index in [2.05, 4.69) is 41.4 Å². The summed E-state index contributed by atoms with van der Waals surface area (Å²) >= 11 is 1.67. The second-order valence-corrected chi connectivity index (χ2v) is 7.86. The minimum Gasteiger partial charge on any atom is -0.443 e. The highest BCUT2D eigenvalue weighted by Crippen LogP contribution is 2.22. The topological polar surface area (TPSA) is 62.5 Å². The number of thioether (sulfide) groups is 1. The molecule has 0 aliphatic heterocycles. The Morgan fingerprint density at radius 2 is 1.96 bits per heavy atom. The average Bonchev–Trinajstić information content (AvgIpc) is 3.06. The monoisotopic (exact) mass is 378 g/mol. The van der Waals surface area contributed by atoms with Gasteiger partial charge in [-0.25, -0.2) is 9.37 Å². The lowest BCUT2D eigenvalue weighted by atomic mass is 9.94. The van der Waals surface area contributed by atoms with Crippen LogP contribution in [-0.4, -0.2) is 24.2 Å². The van der Waals surface area contributed by atoms with Gasteiger partial charge < -0.3 is 15.1 Å². The van der Waals surface area contributed by atoms with Gasteiger partial charge in [-0.15, -0.1) is 0 Å². The van der Waals surface area contributed by atoms with Crippen LogP contribution in [0.25, 0.3) is 0 Å². The maximum atomic E-state index is 13.4. The van der Waals surface area contributed by atoms with E-state index >= 15 is 0 Å². The van der Waals surface area contributed by atoms with Crippen LogP contribution in [0.1, 0.15) is 43.5 Å². The summed E-state index contributed by atoms with van der Waals surface area (Å²) in [5.74, 6) is 2.67. The predicted molar refractivity (Wildman–Crippen MR) is 106 cm³/mol. The normalized spacial score (nSPS) is 12.3. The summed E-state index contributed by atoms with van der Waals surface area (Å²) in [5.41, 5.74) is 1.97. The standard InChI is InChI=1S/C19H27FN4OS/c1-19(2,3)16-10-22-17(25-16)11-24-18(21-4)23-9-13-6-7-15(20)8-14(13)12-26-5/h6-8,10H,9,11-12H2,1-5H3,(H2,21,23,24). The van der Waals surface area contributed by atoms with Crippen LogP contribution in [0.3, 0.4) is 0 Å². The van der Waals surface area contributed by atoms with E-state index in [0.29, 0.717) is 24.9 Å². The minimum absolute atomic E-state index is 0.0680. The van der Waals surface area contributed by atoms with E-state index < -0.39 is 0 Å². The van der Waals surface area contributed by atoms with Crippen LogP contribution < -0.4 is 10.6 Å². The van der Waals surface area contributed by atoms with Gasteiger partial charge in [0.2, 0.25) is 5.89 Å². The summed E-state index contributed by atoms with van der Waals surface area (Å²) < 4.78 is 19.2. The molecule has 0 atom stereocenters. The maximum absolute atomic E-state index is 13.4. The van der Waals surface area contributed by atoms with Crippen LogP contribution in [0.2, 0.25) is 0 Å². The van der Waals surface area contributed by atoms with Gasteiger partial charge in [-0.2, -0.15) is 11.8 Å². The lowest BCUT2D eigenvalue weighted by molar-refractivity contribution is 0.379. The molecule has 142 valence electrons. The quantitative estimate of drug-likeness (QED) is 0.591. The molecule has 0 saturated carbocycles. The fourth-order valence-corrected chi connectivity index (χ4v) is 2.93. The van der Waals surface area contributed by atoms with E-state index in [0.717, 1.165) is 22.6 Å². The number of rotatable bonds is 6. The molecule has 0 radical (unpaired) electrons. The van der Waals surface area contributed by atoms with Crippen molar-refractivity contribution in [3.05, 3.63) is 53.0 Å². The molecule has 7 heteroatoms. The van der Waals surface area contributed by atoms with Gasteiger partial charge in [-0.05, 0) is 29.5 Å². The Morgan fingerprint density at radius 3 is 2.58 bits per heavy atom. The second-order valence-electron chi connectivity index (χ2n) is 6.99. The van der Waals surface area contributed by atoms with Crippen LogP contribution in [0, 0.1) is 5.82 Å². The van der Waals surface area contributed by atoms with E-state index in [1.165, 1.54) is 6.07 Å². The van der Waals surface area contributed by atoms with E-state index in [-0.39, 0.29) is 11.2 Å². The molecular formula is C19H27FN4OS. The van der Waals surface area contributed by atoms with E-state index in [1.807, 2.05) is 12.3 Å². The van der Waals surface area contributed by atoms with Crippen LogP contribution in [-0.2, 0) is 24.3 Å². The van der Waals surface area contributed by atoms with Gasteiger partial charge in [0.1, 0.15) is 11.6 Å². The summed E-state index contributed by atoms with van der Waals surface area (Å²) in [6, 6.07) is 4.88. The van der Waals surface area contributed by atoms with Crippen LogP contribution >= 0.6 is 11.8 Å². The molecule has 0 spiro atoms. The molecule has 1 aromatic carbocycles. The number of halogens is 1. The zero-order valence-corrected chi connectivity index (χ0v) is 16.8. The largest absolute Gasteiger partial charge is 0.443 e. The Labute approximate surface area is 158 Å². The smallest absolute Gasteiger partial charge is 0.213 e. The van der Waals surface area contributed by atoms with E-state index in [1.54, 1.807) is 31.1 Å². The molecule has 2 aromatic rings. The minimum atomic E-state index is -0.209. The first kappa shape index (κ1) is 20.3. The molecule has 0 saturated heterocycles. The number of oxazole rings is 1. The first-order valence-electron chi connectivity index (χ1n) is 8.49. The number of nitrogens with one attached hydrogen (secondary N) is 2. The Balaban J connectivity index is 1.93. The molecule has 0 unspecified atom stereocenters. The van der Waals surface area contributed by atoms with Crippen molar-refractivity contribution in [1.29, 1.82) is 0 Å². The highest BCUT2D eigenvalue weighted by Gasteiger charge is 2.19. The Kier molecular flexibility index (Phi) is 7.08. The Morgan fingerprint density at radius 1 is 1.23 bits per heavy atom. The van der Waals surface area contributed by atoms with Crippen molar-refractivity contribution in [1.82, 2.24) is 15.6 Å². The van der Waals surface area contributed by atoms with Crippen LogP contribution in [0.4, 0.5) is 4.39 Å². The third-order valence-corrected chi connectivity index (χ3v) is 4.44. The molecule has 0 bridgehead atoms. The molecule has 26 heavy (non-hydrogen) atoms. The second kappa shape index (κ2) is 9.07. The molecule has 0 amide bonds. The zero-order chi connectivity index (χ0) is 19.2. The molecule has 2 rings (SSSR count). The van der Waals surface area contributed by atoms with Crippen molar-refractivity contribution < 1.29 is 8.81 Å². The molecule has 0 aliphatic rings.